The van der Waals surface area contributed by atoms with E-state index in [1.165, 1.54) is 32.1 Å². The van der Waals surface area contributed by atoms with Crippen molar-refractivity contribution < 1.29 is 0 Å². The third-order valence-corrected chi connectivity index (χ3v) is 3.00. The maximum atomic E-state index is 5.22. The summed E-state index contributed by atoms with van der Waals surface area (Å²) < 4.78 is 0. The molecule has 1 aliphatic carbocycles. The van der Waals surface area contributed by atoms with E-state index < -0.39 is 0 Å². The summed E-state index contributed by atoms with van der Waals surface area (Å²) in [6, 6.07) is 0. The van der Waals surface area contributed by atoms with Gasteiger partial charge in [-0.2, -0.15) is 5.10 Å². The van der Waals surface area contributed by atoms with E-state index in [0.717, 1.165) is 18.3 Å². The Balaban J connectivity index is 2.30. The van der Waals surface area contributed by atoms with Crippen molar-refractivity contribution in [3.63, 3.8) is 0 Å². The van der Waals surface area contributed by atoms with Crippen LogP contribution in [0.3, 0.4) is 0 Å². The fraction of sp³-hybridized carbons (Fsp3) is 0.900. The minimum atomic E-state index is 0.857. The molecule has 0 aliphatic heterocycles. The molecular formula is C10H21N3. The van der Waals surface area contributed by atoms with Crippen molar-refractivity contribution in [2.24, 2.45) is 16.9 Å². The molecule has 3 nitrogen and oxygen atoms in total. The normalized spacial score (nSPS) is 20.3. The maximum Gasteiger partial charge on any atom is 0.121 e. The third kappa shape index (κ3) is 3.25. The van der Waals surface area contributed by atoms with E-state index in [0.29, 0.717) is 0 Å². The highest BCUT2D eigenvalue weighted by atomic mass is 15.2. The molecule has 0 spiro atoms. The van der Waals surface area contributed by atoms with Crippen molar-refractivity contribution >= 4 is 5.84 Å². The summed E-state index contributed by atoms with van der Waals surface area (Å²) in [6.45, 7) is 3.08. The van der Waals surface area contributed by atoms with Gasteiger partial charge >= 0.3 is 0 Å². The lowest BCUT2D eigenvalue weighted by atomic mass is 9.89. The zero-order valence-corrected chi connectivity index (χ0v) is 8.79. The van der Waals surface area contributed by atoms with Gasteiger partial charge in [-0.3, -0.25) is 0 Å². The summed E-state index contributed by atoms with van der Waals surface area (Å²) in [5.74, 6) is 7.02. The van der Waals surface area contributed by atoms with Crippen molar-refractivity contribution in [2.45, 2.75) is 39.0 Å². The standard InChI is InChI=1S/C10H21N3/c1-9(12-11)13(2)8-10-6-4-3-5-7-10/h10H,3-8,11H2,1-2H3. The van der Waals surface area contributed by atoms with Gasteiger partial charge in [-0.1, -0.05) is 19.3 Å². The van der Waals surface area contributed by atoms with E-state index in [2.05, 4.69) is 17.0 Å². The van der Waals surface area contributed by atoms with Crippen LogP contribution in [0, 0.1) is 5.92 Å². The molecule has 0 atom stereocenters. The molecule has 1 fully saturated rings. The largest absolute Gasteiger partial charge is 0.362 e. The number of hydrogen-bond acceptors (Lipinski definition) is 2. The molecule has 13 heavy (non-hydrogen) atoms. The minimum absolute atomic E-state index is 0.857. The van der Waals surface area contributed by atoms with E-state index in [9.17, 15) is 0 Å². The molecule has 0 aromatic rings. The van der Waals surface area contributed by atoms with Crippen LogP contribution in [0.2, 0.25) is 0 Å². The average molecular weight is 183 g/mol. The predicted molar refractivity (Wildman–Crippen MR) is 56.5 cm³/mol. The number of rotatable bonds is 2. The Labute approximate surface area is 81.0 Å². The van der Waals surface area contributed by atoms with E-state index in [1.807, 2.05) is 6.92 Å². The summed E-state index contributed by atoms with van der Waals surface area (Å²) in [7, 11) is 2.07. The Morgan fingerprint density at radius 1 is 1.38 bits per heavy atom. The second-order valence-corrected chi connectivity index (χ2v) is 4.06. The monoisotopic (exact) mass is 183 g/mol. The molecule has 3 heteroatoms. The first-order chi connectivity index (χ1) is 6.24. The molecule has 0 radical (unpaired) electrons. The summed E-state index contributed by atoms with van der Waals surface area (Å²) >= 11 is 0. The first kappa shape index (κ1) is 10.4. The van der Waals surface area contributed by atoms with Crippen molar-refractivity contribution in [3.8, 4) is 0 Å². The molecule has 0 heterocycles. The summed E-state index contributed by atoms with van der Waals surface area (Å²) in [6.07, 6.45) is 6.98. The first-order valence-corrected chi connectivity index (χ1v) is 5.19. The lowest BCUT2D eigenvalue weighted by molar-refractivity contribution is 0.295. The molecule has 1 aliphatic rings. The van der Waals surface area contributed by atoms with Crippen molar-refractivity contribution in [2.75, 3.05) is 13.6 Å². The number of nitrogens with zero attached hydrogens (tertiary/aromatic N) is 2. The highest BCUT2D eigenvalue weighted by molar-refractivity contribution is 5.78. The van der Waals surface area contributed by atoms with Gasteiger partial charge in [0.1, 0.15) is 5.84 Å². The predicted octanol–water partition coefficient (Wildman–Crippen LogP) is 1.79. The van der Waals surface area contributed by atoms with Crippen LogP contribution in [0.15, 0.2) is 5.10 Å². The summed E-state index contributed by atoms with van der Waals surface area (Å²) in [5.41, 5.74) is 0. The number of hydrogen-bond donors (Lipinski definition) is 1. The Hall–Kier alpha value is -0.730. The second-order valence-electron chi connectivity index (χ2n) is 4.06. The zero-order valence-electron chi connectivity index (χ0n) is 8.79. The number of nitrogens with two attached hydrogens (primary N) is 1. The molecular weight excluding hydrogens is 162 g/mol. The van der Waals surface area contributed by atoms with E-state index in [1.54, 1.807) is 0 Å². The molecule has 0 aromatic carbocycles. The molecule has 1 rings (SSSR count). The van der Waals surface area contributed by atoms with Crippen LogP contribution in [0.5, 0.6) is 0 Å². The van der Waals surface area contributed by atoms with Gasteiger partial charge in [0.15, 0.2) is 0 Å². The van der Waals surface area contributed by atoms with E-state index in [-0.39, 0.29) is 0 Å². The van der Waals surface area contributed by atoms with Gasteiger partial charge in [0.2, 0.25) is 0 Å². The number of hydrazone groups is 1. The molecule has 0 amide bonds. The summed E-state index contributed by atoms with van der Waals surface area (Å²) in [5, 5.41) is 3.70. The molecule has 0 unspecified atom stereocenters. The zero-order chi connectivity index (χ0) is 9.68. The van der Waals surface area contributed by atoms with Crippen LogP contribution in [-0.4, -0.2) is 24.3 Å². The van der Waals surface area contributed by atoms with Crippen LogP contribution >= 0.6 is 0 Å². The Morgan fingerprint density at radius 2 is 2.00 bits per heavy atom. The third-order valence-electron chi connectivity index (χ3n) is 3.00. The fourth-order valence-electron chi connectivity index (χ4n) is 1.99. The summed E-state index contributed by atoms with van der Waals surface area (Å²) in [4.78, 5) is 2.16. The highest BCUT2D eigenvalue weighted by Gasteiger charge is 2.15. The quantitative estimate of drug-likeness (QED) is 0.307. The van der Waals surface area contributed by atoms with Crippen molar-refractivity contribution in [1.82, 2.24) is 4.90 Å². The Kier molecular flexibility index (Phi) is 4.06. The molecule has 0 bridgehead atoms. The molecule has 0 saturated heterocycles. The molecule has 1 saturated carbocycles. The van der Waals surface area contributed by atoms with Crippen LogP contribution in [0.25, 0.3) is 0 Å². The molecule has 2 N–H and O–H groups in total. The maximum absolute atomic E-state index is 5.22. The highest BCUT2D eigenvalue weighted by Crippen LogP contribution is 2.23. The lowest BCUT2D eigenvalue weighted by Gasteiger charge is -2.27. The van der Waals surface area contributed by atoms with E-state index in [4.69, 9.17) is 5.84 Å². The van der Waals surface area contributed by atoms with Crippen molar-refractivity contribution in [1.29, 1.82) is 0 Å². The van der Waals surface area contributed by atoms with Crippen LogP contribution in [0.1, 0.15) is 39.0 Å². The topological polar surface area (TPSA) is 41.6 Å². The van der Waals surface area contributed by atoms with Gasteiger partial charge in [-0.25, -0.2) is 0 Å². The van der Waals surface area contributed by atoms with Gasteiger partial charge in [0.25, 0.3) is 0 Å². The van der Waals surface area contributed by atoms with Gasteiger partial charge in [-0.05, 0) is 25.7 Å². The Bertz CT molecular complexity index is 171. The van der Waals surface area contributed by atoms with Gasteiger partial charge in [-0.15, -0.1) is 0 Å². The smallest absolute Gasteiger partial charge is 0.121 e. The Morgan fingerprint density at radius 3 is 2.54 bits per heavy atom. The fourth-order valence-corrected chi connectivity index (χ4v) is 1.99. The van der Waals surface area contributed by atoms with Crippen LogP contribution in [-0.2, 0) is 0 Å². The van der Waals surface area contributed by atoms with Gasteiger partial charge in [0.05, 0.1) is 0 Å². The minimum Gasteiger partial charge on any atom is -0.362 e. The SMILES string of the molecule is CC(=NN)N(C)CC1CCCCC1. The van der Waals surface area contributed by atoms with Crippen molar-refractivity contribution in [3.05, 3.63) is 0 Å². The van der Waals surface area contributed by atoms with Crippen LogP contribution in [0.4, 0.5) is 0 Å². The average Bonchev–Trinajstić information content (AvgIpc) is 2.18. The van der Waals surface area contributed by atoms with Gasteiger partial charge < -0.3 is 10.7 Å². The lowest BCUT2D eigenvalue weighted by Crippen LogP contribution is -2.31. The first-order valence-electron chi connectivity index (χ1n) is 5.19. The molecule has 76 valence electrons. The van der Waals surface area contributed by atoms with Crippen LogP contribution < -0.4 is 5.84 Å². The number of amidine groups is 1. The second kappa shape index (κ2) is 5.10. The molecule has 0 aromatic heterocycles. The van der Waals surface area contributed by atoms with E-state index >= 15 is 0 Å². The van der Waals surface area contributed by atoms with Gasteiger partial charge in [0, 0.05) is 13.6 Å².